The Morgan fingerprint density at radius 1 is 1.06 bits per heavy atom. The molecule has 1 aromatic heterocycles. The Morgan fingerprint density at radius 2 is 1.81 bits per heavy atom. The molecule has 1 aliphatic heterocycles. The molecule has 0 spiro atoms. The van der Waals surface area contributed by atoms with Crippen LogP contribution in [0.2, 0.25) is 0 Å². The Hall–Kier alpha value is -3.32. The molecule has 2 atom stereocenters. The smallest absolute Gasteiger partial charge is 0.303 e. The van der Waals surface area contributed by atoms with Crippen LogP contribution in [0.15, 0.2) is 77.8 Å². The Labute approximate surface area is 185 Å². The third-order valence-electron chi connectivity index (χ3n) is 4.98. The van der Waals surface area contributed by atoms with Gasteiger partial charge in [-0.3, -0.25) is 14.6 Å². The number of nitrogens with zero attached hydrogens (tertiary/aromatic N) is 2. The van der Waals surface area contributed by atoms with E-state index in [2.05, 4.69) is 4.98 Å². The number of esters is 1. The Balaban J connectivity index is 1.79. The van der Waals surface area contributed by atoms with E-state index in [-0.39, 0.29) is 12.5 Å². The summed E-state index contributed by atoms with van der Waals surface area (Å²) >= 11 is 1.51. The van der Waals surface area contributed by atoms with Crippen molar-refractivity contribution >= 4 is 29.3 Å². The maximum absolute atomic E-state index is 13.7. The van der Waals surface area contributed by atoms with Crippen molar-refractivity contribution < 1.29 is 19.1 Å². The Bertz CT molecular complexity index is 1070. The van der Waals surface area contributed by atoms with Gasteiger partial charge in [-0.1, -0.05) is 30.3 Å². The van der Waals surface area contributed by atoms with Gasteiger partial charge in [0.1, 0.15) is 5.75 Å². The van der Waals surface area contributed by atoms with Gasteiger partial charge in [0.25, 0.3) is 5.91 Å². The van der Waals surface area contributed by atoms with Gasteiger partial charge in [0, 0.05) is 18.0 Å². The van der Waals surface area contributed by atoms with Crippen molar-refractivity contribution in [2.24, 2.45) is 0 Å². The zero-order chi connectivity index (χ0) is 21.8. The average molecular weight is 435 g/mol. The van der Waals surface area contributed by atoms with Gasteiger partial charge >= 0.3 is 5.97 Å². The second-order valence-corrected chi connectivity index (χ2v) is 8.24. The molecule has 0 bridgehead atoms. The van der Waals surface area contributed by atoms with Gasteiger partial charge in [-0.25, -0.2) is 0 Å². The third-order valence-corrected chi connectivity index (χ3v) is 6.35. The average Bonchev–Trinajstić information content (AvgIpc) is 2.90. The van der Waals surface area contributed by atoms with E-state index >= 15 is 0 Å². The molecule has 3 aromatic rings. The number of amides is 1. The van der Waals surface area contributed by atoms with Crippen molar-refractivity contribution in [2.75, 3.05) is 12.0 Å². The van der Waals surface area contributed by atoms with E-state index in [0.29, 0.717) is 0 Å². The Kier molecular flexibility index (Phi) is 6.23. The van der Waals surface area contributed by atoms with Gasteiger partial charge in [0.05, 0.1) is 30.3 Å². The minimum atomic E-state index is -0.980. The molecule has 7 heteroatoms. The van der Waals surface area contributed by atoms with Gasteiger partial charge in [-0.05, 0) is 42.0 Å². The van der Waals surface area contributed by atoms with Gasteiger partial charge in [-0.2, -0.15) is 0 Å². The standard InChI is InChI=1S/C24H22N2O4S/c1-16(27)30-22-23(17-10-12-19(29-2)13-11-17)31-21-9-4-3-8-20(21)26(24(22)28)15-18-7-5-6-14-25-18/h3-14,22-23H,15H2,1-2H3/t22-,23+/m1/s1. The van der Waals surface area contributed by atoms with Crippen LogP contribution in [0.25, 0.3) is 0 Å². The number of methoxy groups -OCH3 is 1. The number of aromatic nitrogens is 1. The van der Waals surface area contributed by atoms with Crippen LogP contribution in [-0.4, -0.2) is 30.1 Å². The van der Waals surface area contributed by atoms with Gasteiger partial charge in [-0.15, -0.1) is 11.8 Å². The fourth-order valence-electron chi connectivity index (χ4n) is 3.52. The fourth-order valence-corrected chi connectivity index (χ4v) is 4.84. The highest BCUT2D eigenvalue weighted by Crippen LogP contribution is 2.47. The molecule has 158 valence electrons. The quantitative estimate of drug-likeness (QED) is 0.555. The van der Waals surface area contributed by atoms with Crippen molar-refractivity contribution in [3.8, 4) is 5.75 Å². The molecule has 0 fully saturated rings. The molecule has 0 saturated heterocycles. The number of pyridine rings is 1. The number of hydrogen-bond acceptors (Lipinski definition) is 6. The second-order valence-electron chi connectivity index (χ2n) is 7.05. The first-order valence-corrected chi connectivity index (χ1v) is 10.7. The normalized spacial score (nSPS) is 18.1. The lowest BCUT2D eigenvalue weighted by atomic mass is 10.1. The molecular weight excluding hydrogens is 412 g/mol. The van der Waals surface area contributed by atoms with Gasteiger partial charge in [0.2, 0.25) is 0 Å². The predicted molar refractivity (Wildman–Crippen MR) is 119 cm³/mol. The van der Waals surface area contributed by atoms with Crippen molar-refractivity contribution in [1.82, 2.24) is 4.98 Å². The first kappa shape index (κ1) is 20.9. The summed E-state index contributed by atoms with van der Waals surface area (Å²) in [6.45, 7) is 1.61. The number of carbonyl (C=O) groups excluding carboxylic acids is 2. The summed E-state index contributed by atoms with van der Waals surface area (Å²) in [5.41, 5.74) is 2.40. The number of ether oxygens (including phenoxy) is 2. The number of para-hydroxylation sites is 1. The lowest BCUT2D eigenvalue weighted by Gasteiger charge is -2.27. The molecule has 0 aliphatic carbocycles. The summed E-state index contributed by atoms with van der Waals surface area (Å²) in [4.78, 5) is 32.6. The minimum absolute atomic E-state index is 0.279. The van der Waals surface area contributed by atoms with Crippen LogP contribution in [0.5, 0.6) is 5.75 Å². The number of carbonyl (C=O) groups is 2. The summed E-state index contributed by atoms with van der Waals surface area (Å²) in [5, 5.41) is -0.405. The molecule has 4 rings (SSSR count). The van der Waals surface area contributed by atoms with Crippen molar-refractivity contribution in [3.63, 3.8) is 0 Å². The number of hydrogen-bond donors (Lipinski definition) is 0. The van der Waals surface area contributed by atoms with Crippen LogP contribution in [-0.2, 0) is 20.9 Å². The molecule has 1 amide bonds. The molecule has 1 aliphatic rings. The molecule has 31 heavy (non-hydrogen) atoms. The van der Waals surface area contributed by atoms with Crippen LogP contribution in [0.4, 0.5) is 5.69 Å². The van der Waals surface area contributed by atoms with Crippen molar-refractivity contribution in [2.45, 2.75) is 29.7 Å². The number of anilines is 1. The zero-order valence-electron chi connectivity index (χ0n) is 17.2. The van der Waals surface area contributed by atoms with Crippen LogP contribution >= 0.6 is 11.8 Å². The van der Waals surface area contributed by atoms with Crippen LogP contribution < -0.4 is 9.64 Å². The van der Waals surface area contributed by atoms with E-state index in [1.165, 1.54) is 18.7 Å². The van der Waals surface area contributed by atoms with E-state index in [9.17, 15) is 9.59 Å². The number of thioether (sulfide) groups is 1. The maximum Gasteiger partial charge on any atom is 0.303 e. The monoisotopic (exact) mass is 434 g/mol. The first-order chi connectivity index (χ1) is 15.1. The number of rotatable bonds is 5. The largest absolute Gasteiger partial charge is 0.497 e. The highest BCUT2D eigenvalue weighted by Gasteiger charge is 2.40. The fraction of sp³-hybridized carbons (Fsp3) is 0.208. The highest BCUT2D eigenvalue weighted by atomic mass is 32.2. The molecule has 0 N–H and O–H groups in total. The SMILES string of the molecule is COc1ccc([C@@H]2Sc3ccccc3N(Cc3ccccn3)C(=O)[C@@H]2OC(C)=O)cc1. The Morgan fingerprint density at radius 3 is 2.48 bits per heavy atom. The lowest BCUT2D eigenvalue weighted by Crippen LogP contribution is -2.42. The van der Waals surface area contributed by atoms with E-state index < -0.39 is 17.3 Å². The summed E-state index contributed by atoms with van der Waals surface area (Å²) in [5.74, 6) is -0.0600. The summed E-state index contributed by atoms with van der Waals surface area (Å²) in [7, 11) is 1.60. The zero-order valence-corrected chi connectivity index (χ0v) is 18.0. The number of fused-ring (bicyclic) bond motifs is 1. The molecule has 2 heterocycles. The van der Waals surface area contributed by atoms with Crippen LogP contribution in [0, 0.1) is 0 Å². The highest BCUT2D eigenvalue weighted by molar-refractivity contribution is 7.99. The lowest BCUT2D eigenvalue weighted by molar-refractivity contribution is -0.152. The molecule has 0 radical (unpaired) electrons. The summed E-state index contributed by atoms with van der Waals surface area (Å²) in [6, 6.07) is 20.8. The molecule has 0 saturated carbocycles. The summed E-state index contributed by atoms with van der Waals surface area (Å²) < 4.78 is 10.9. The second kappa shape index (κ2) is 9.22. The maximum atomic E-state index is 13.7. The van der Waals surface area contributed by atoms with E-state index in [4.69, 9.17) is 9.47 Å². The molecule has 0 unspecified atom stereocenters. The number of benzene rings is 2. The van der Waals surface area contributed by atoms with E-state index in [0.717, 1.165) is 27.6 Å². The topological polar surface area (TPSA) is 68.7 Å². The van der Waals surface area contributed by atoms with Crippen molar-refractivity contribution in [1.29, 1.82) is 0 Å². The minimum Gasteiger partial charge on any atom is -0.497 e. The first-order valence-electron chi connectivity index (χ1n) is 9.85. The van der Waals surface area contributed by atoms with Crippen LogP contribution in [0.3, 0.4) is 0 Å². The molecule has 6 nitrogen and oxygen atoms in total. The molecular formula is C24H22N2O4S. The van der Waals surface area contributed by atoms with Gasteiger partial charge < -0.3 is 14.4 Å². The van der Waals surface area contributed by atoms with Crippen LogP contribution in [0.1, 0.15) is 23.4 Å². The van der Waals surface area contributed by atoms with E-state index in [1.54, 1.807) is 18.2 Å². The third kappa shape index (κ3) is 4.56. The van der Waals surface area contributed by atoms with E-state index in [1.807, 2.05) is 66.7 Å². The predicted octanol–water partition coefficient (Wildman–Crippen LogP) is 4.40. The molecule has 2 aromatic carbocycles. The summed E-state index contributed by atoms with van der Waals surface area (Å²) in [6.07, 6.45) is 0.717. The van der Waals surface area contributed by atoms with Gasteiger partial charge in [0.15, 0.2) is 6.10 Å². The van der Waals surface area contributed by atoms with Crippen molar-refractivity contribution in [3.05, 3.63) is 84.2 Å².